The van der Waals surface area contributed by atoms with Gasteiger partial charge in [0, 0.05) is 14.1 Å². The van der Waals surface area contributed by atoms with E-state index in [2.05, 4.69) is 10.3 Å². The van der Waals surface area contributed by atoms with Crippen LogP contribution in [0, 0.1) is 0 Å². The Morgan fingerprint density at radius 2 is 1.68 bits per heavy atom. The Hall–Kier alpha value is -2.57. The number of hydrogen-bond donors (Lipinski definition) is 1. The maximum Gasteiger partial charge on any atom is 0.262 e. The zero-order chi connectivity index (χ0) is 20.4. The molecule has 2 amide bonds. The van der Waals surface area contributed by atoms with Gasteiger partial charge in [-0.2, -0.15) is 0 Å². The summed E-state index contributed by atoms with van der Waals surface area (Å²) in [6.45, 7) is 3.63. The van der Waals surface area contributed by atoms with Crippen molar-refractivity contribution in [3.63, 3.8) is 0 Å². The number of carbonyl (C=O) groups is 2. The maximum atomic E-state index is 12.9. The van der Waals surface area contributed by atoms with Crippen LogP contribution in [0.4, 0.5) is 11.6 Å². The first-order chi connectivity index (χ1) is 13.1. The van der Waals surface area contributed by atoms with Crippen molar-refractivity contribution in [2.75, 3.05) is 12.4 Å². The van der Waals surface area contributed by atoms with Crippen molar-refractivity contribution in [1.29, 1.82) is 0 Å². The number of nitrogens with one attached hydrogen (secondary N) is 1. The van der Waals surface area contributed by atoms with Gasteiger partial charge in [0.05, 0.1) is 32.2 Å². The summed E-state index contributed by atoms with van der Waals surface area (Å²) in [5.74, 6) is -0.101. The third kappa shape index (κ3) is 2.52. The second kappa shape index (κ2) is 6.22. The highest BCUT2D eigenvalue weighted by Gasteiger charge is 2.44. The van der Waals surface area contributed by atoms with Gasteiger partial charge in [0.25, 0.3) is 5.91 Å². The van der Waals surface area contributed by atoms with Crippen LogP contribution in [0.25, 0.3) is 11.0 Å². The molecule has 6 nitrogen and oxygen atoms in total. The number of para-hydroxylation sites is 1. The molecule has 2 heterocycles. The lowest BCUT2D eigenvalue weighted by molar-refractivity contribution is -0.133. The maximum absolute atomic E-state index is 12.9. The van der Waals surface area contributed by atoms with Crippen LogP contribution in [0.3, 0.4) is 0 Å². The van der Waals surface area contributed by atoms with E-state index in [9.17, 15) is 9.59 Å². The number of aryl methyl sites for hydroxylation is 1. The minimum atomic E-state index is -0.816. The van der Waals surface area contributed by atoms with Crippen molar-refractivity contribution in [1.82, 2.24) is 14.5 Å². The number of imide groups is 1. The number of hydrogen-bond acceptors (Lipinski definition) is 4. The molecule has 0 saturated carbocycles. The Morgan fingerprint density at radius 1 is 1.04 bits per heavy atom. The average molecular weight is 417 g/mol. The van der Waals surface area contributed by atoms with Gasteiger partial charge in [-0.15, -0.1) is 0 Å². The first kappa shape index (κ1) is 18.8. The lowest BCUT2D eigenvalue weighted by Crippen LogP contribution is -2.49. The van der Waals surface area contributed by atoms with Crippen LogP contribution in [-0.2, 0) is 17.3 Å². The van der Waals surface area contributed by atoms with Gasteiger partial charge in [-0.3, -0.25) is 14.5 Å². The number of nitrogens with zero attached hydrogens (tertiary/aromatic N) is 3. The summed E-state index contributed by atoms with van der Waals surface area (Å²) in [6, 6.07) is 8.91. The zero-order valence-corrected chi connectivity index (χ0v) is 17.3. The summed E-state index contributed by atoms with van der Waals surface area (Å²) in [5.41, 5.74) is 2.13. The fraction of sp³-hybridized carbons (Fsp3) is 0.250. The molecule has 144 valence electrons. The van der Waals surface area contributed by atoms with Gasteiger partial charge >= 0.3 is 0 Å². The smallest absolute Gasteiger partial charge is 0.262 e. The topological polar surface area (TPSA) is 67.2 Å². The first-order valence-corrected chi connectivity index (χ1v) is 9.43. The van der Waals surface area contributed by atoms with Gasteiger partial charge in [0.15, 0.2) is 0 Å². The van der Waals surface area contributed by atoms with Crippen molar-refractivity contribution in [3.8, 4) is 0 Å². The zero-order valence-electron chi connectivity index (χ0n) is 15.8. The minimum Gasteiger partial charge on any atom is -0.323 e. The molecule has 1 N–H and O–H groups in total. The third-order valence-electron chi connectivity index (χ3n) is 5.28. The normalized spacial score (nSPS) is 15.9. The number of halogens is 2. The molecule has 8 heteroatoms. The van der Waals surface area contributed by atoms with Crippen molar-refractivity contribution < 1.29 is 9.59 Å². The monoisotopic (exact) mass is 416 g/mol. The fourth-order valence-electron chi connectivity index (χ4n) is 3.63. The van der Waals surface area contributed by atoms with E-state index in [1.807, 2.05) is 37.6 Å². The second-order valence-electron chi connectivity index (χ2n) is 7.37. The van der Waals surface area contributed by atoms with E-state index in [-0.39, 0.29) is 11.8 Å². The van der Waals surface area contributed by atoms with Crippen molar-refractivity contribution >= 4 is 57.7 Å². The van der Waals surface area contributed by atoms with E-state index >= 15 is 0 Å². The highest BCUT2D eigenvalue weighted by atomic mass is 35.5. The molecule has 0 fully saturated rings. The second-order valence-corrected chi connectivity index (χ2v) is 8.18. The lowest BCUT2D eigenvalue weighted by atomic mass is 9.77. The summed E-state index contributed by atoms with van der Waals surface area (Å²) < 4.78 is 1.83. The number of rotatable bonds is 2. The van der Waals surface area contributed by atoms with Crippen molar-refractivity contribution in [2.24, 2.45) is 7.05 Å². The van der Waals surface area contributed by atoms with E-state index < -0.39 is 5.41 Å². The predicted molar refractivity (Wildman–Crippen MR) is 111 cm³/mol. The van der Waals surface area contributed by atoms with Gasteiger partial charge in [0.2, 0.25) is 11.9 Å². The molecule has 3 aromatic rings. The Labute approximate surface area is 172 Å². The molecule has 1 aromatic heterocycles. The fourth-order valence-corrected chi connectivity index (χ4v) is 4.12. The Balaban J connectivity index is 1.94. The number of benzene rings is 2. The lowest BCUT2D eigenvalue weighted by Gasteiger charge is -2.35. The van der Waals surface area contributed by atoms with Crippen LogP contribution in [0.5, 0.6) is 0 Å². The van der Waals surface area contributed by atoms with E-state index in [0.29, 0.717) is 38.3 Å². The van der Waals surface area contributed by atoms with Gasteiger partial charge in [0.1, 0.15) is 5.52 Å². The van der Waals surface area contributed by atoms with Crippen LogP contribution >= 0.6 is 23.2 Å². The molecule has 0 radical (unpaired) electrons. The molecule has 0 aliphatic carbocycles. The number of anilines is 2. The summed E-state index contributed by atoms with van der Waals surface area (Å²) in [6.07, 6.45) is 0. The molecule has 2 aromatic carbocycles. The molecule has 1 aliphatic rings. The standard InChI is InChI=1S/C20H18Cl2N4O2/c1-20(2)10-8-9-13-16(14(10)17(27)26(4)18(20)28)24-19(25(13)3)23-15-11(21)6-5-7-12(15)22/h5-9H,1-4H3,(H,23,24). The molecule has 28 heavy (non-hydrogen) atoms. The number of likely N-dealkylation sites (N-methyl/N-ethyl adjacent to an activating group) is 1. The van der Waals surface area contributed by atoms with Crippen molar-refractivity contribution in [2.45, 2.75) is 19.3 Å². The molecular weight excluding hydrogens is 399 g/mol. The van der Waals surface area contributed by atoms with E-state index in [0.717, 1.165) is 10.4 Å². The molecule has 0 spiro atoms. The third-order valence-corrected chi connectivity index (χ3v) is 5.91. The van der Waals surface area contributed by atoms with E-state index in [1.54, 1.807) is 18.2 Å². The van der Waals surface area contributed by atoms with Crippen molar-refractivity contribution in [3.05, 3.63) is 51.5 Å². The number of fused-ring (bicyclic) bond motifs is 3. The molecular formula is C20H18Cl2N4O2. The number of imidazole rings is 1. The van der Waals surface area contributed by atoms with E-state index in [4.69, 9.17) is 23.2 Å². The first-order valence-electron chi connectivity index (χ1n) is 8.68. The highest BCUT2D eigenvalue weighted by Crippen LogP contribution is 2.39. The summed E-state index contributed by atoms with van der Waals surface area (Å²) in [5, 5.41) is 4.08. The minimum absolute atomic E-state index is 0.235. The molecule has 4 rings (SSSR count). The summed E-state index contributed by atoms with van der Waals surface area (Å²) >= 11 is 12.5. The van der Waals surface area contributed by atoms with Gasteiger partial charge in [-0.05, 0) is 37.6 Å². The quantitative estimate of drug-likeness (QED) is 0.623. The Morgan fingerprint density at radius 3 is 2.32 bits per heavy atom. The van der Waals surface area contributed by atoms with E-state index in [1.165, 1.54) is 7.05 Å². The molecule has 0 atom stereocenters. The molecule has 0 saturated heterocycles. The molecule has 1 aliphatic heterocycles. The number of amides is 2. The van der Waals surface area contributed by atoms with Crippen LogP contribution in [0.15, 0.2) is 30.3 Å². The summed E-state index contributed by atoms with van der Waals surface area (Å²) in [7, 11) is 3.34. The molecule has 0 bridgehead atoms. The SMILES string of the molecule is CN1C(=O)c2c(ccc3c2nc(Nc2c(Cl)cccc2Cl)n3C)C(C)(C)C1=O. The van der Waals surface area contributed by atoms with Crippen LogP contribution in [-0.4, -0.2) is 33.3 Å². The largest absolute Gasteiger partial charge is 0.323 e. The van der Waals surface area contributed by atoms with Gasteiger partial charge < -0.3 is 9.88 Å². The Kier molecular flexibility index (Phi) is 4.17. The summed E-state index contributed by atoms with van der Waals surface area (Å²) in [4.78, 5) is 31.3. The number of carbonyl (C=O) groups excluding carboxylic acids is 2. The van der Waals surface area contributed by atoms with Gasteiger partial charge in [-0.25, -0.2) is 4.98 Å². The molecule has 0 unspecified atom stereocenters. The van der Waals surface area contributed by atoms with Gasteiger partial charge in [-0.1, -0.05) is 35.3 Å². The van der Waals surface area contributed by atoms with Crippen LogP contribution in [0.2, 0.25) is 10.0 Å². The van der Waals surface area contributed by atoms with Crippen LogP contribution < -0.4 is 5.32 Å². The number of aromatic nitrogens is 2. The van der Waals surface area contributed by atoms with Crippen LogP contribution in [0.1, 0.15) is 29.8 Å². The highest BCUT2D eigenvalue weighted by molar-refractivity contribution is 6.39. The predicted octanol–water partition coefficient (Wildman–Crippen LogP) is 4.51. The Bertz CT molecular complexity index is 1150. The average Bonchev–Trinajstić information content (AvgIpc) is 2.97.